The molecule has 3 aromatic carbocycles. The second-order valence-electron chi connectivity index (χ2n) is 9.32. The van der Waals surface area contributed by atoms with Crippen LogP contribution in [0.2, 0.25) is 0 Å². The molecule has 2 aliphatic rings. The monoisotopic (exact) mass is 497 g/mol. The Morgan fingerprint density at radius 1 is 1.05 bits per heavy atom. The third kappa shape index (κ3) is 5.14. The van der Waals surface area contributed by atoms with Gasteiger partial charge in [-0.3, -0.25) is 9.59 Å². The highest BCUT2D eigenvalue weighted by atomic mass is 16.5. The second kappa shape index (κ2) is 10.4. The number of nitriles is 1. The van der Waals surface area contributed by atoms with Crippen LogP contribution in [0.3, 0.4) is 0 Å². The first-order chi connectivity index (χ1) is 17.9. The number of carbonyl (C=O) groups excluding carboxylic acids is 2. The van der Waals surface area contributed by atoms with Crippen LogP contribution >= 0.6 is 0 Å². The Bertz CT molecular complexity index is 1390. The first-order valence-electron chi connectivity index (χ1n) is 12.3. The summed E-state index contributed by atoms with van der Waals surface area (Å²) in [6, 6.07) is 19.3. The van der Waals surface area contributed by atoms with E-state index in [0.717, 1.165) is 46.4 Å². The maximum Gasteiger partial charge on any atom is 0.308 e. The molecule has 1 heterocycles. The summed E-state index contributed by atoms with van der Waals surface area (Å²) in [6.07, 6.45) is 2.40. The third-order valence-electron chi connectivity index (χ3n) is 6.94. The van der Waals surface area contributed by atoms with Gasteiger partial charge in [0, 0.05) is 24.5 Å². The maximum atomic E-state index is 11.7. The van der Waals surface area contributed by atoms with Crippen LogP contribution in [0.25, 0.3) is 0 Å². The molecule has 1 aliphatic heterocycles. The zero-order chi connectivity index (χ0) is 25.9. The van der Waals surface area contributed by atoms with E-state index in [-0.39, 0.29) is 30.4 Å². The molecule has 7 nitrogen and oxygen atoms in total. The van der Waals surface area contributed by atoms with E-state index in [1.807, 2.05) is 42.5 Å². The van der Waals surface area contributed by atoms with Crippen molar-refractivity contribution in [2.24, 2.45) is 0 Å². The predicted octanol–water partition coefficient (Wildman–Crippen LogP) is 5.18. The van der Waals surface area contributed by atoms with Crippen LogP contribution in [0.4, 0.5) is 0 Å². The summed E-state index contributed by atoms with van der Waals surface area (Å²) < 4.78 is 22.1. The van der Waals surface area contributed by atoms with Crippen molar-refractivity contribution < 1.29 is 28.5 Å². The van der Waals surface area contributed by atoms with Crippen molar-refractivity contribution in [1.29, 1.82) is 5.26 Å². The molecule has 3 aromatic rings. The maximum absolute atomic E-state index is 11.7. The quantitative estimate of drug-likeness (QED) is 0.328. The molecule has 5 rings (SSSR count). The van der Waals surface area contributed by atoms with E-state index < -0.39 is 0 Å². The van der Waals surface area contributed by atoms with Gasteiger partial charge in [0.25, 0.3) is 0 Å². The van der Waals surface area contributed by atoms with Gasteiger partial charge in [0.05, 0.1) is 31.8 Å². The third-order valence-corrected chi connectivity index (χ3v) is 6.94. The first kappa shape index (κ1) is 24.4. The molecule has 0 radical (unpaired) electrons. The zero-order valence-corrected chi connectivity index (χ0v) is 20.8. The molecule has 0 bridgehead atoms. The van der Waals surface area contributed by atoms with Crippen LogP contribution in [-0.4, -0.2) is 25.7 Å². The lowest BCUT2D eigenvalue weighted by molar-refractivity contribution is -0.141. The summed E-state index contributed by atoms with van der Waals surface area (Å²) in [6.45, 7) is 1.82. The van der Waals surface area contributed by atoms with Crippen LogP contribution in [0.5, 0.6) is 17.2 Å². The van der Waals surface area contributed by atoms with Crippen LogP contribution in [0.1, 0.15) is 65.2 Å². The van der Waals surface area contributed by atoms with Gasteiger partial charge in [-0.2, -0.15) is 5.26 Å². The summed E-state index contributed by atoms with van der Waals surface area (Å²) >= 11 is 0. The van der Waals surface area contributed by atoms with E-state index in [9.17, 15) is 14.9 Å². The number of esters is 2. The Hall–Kier alpha value is -4.31. The molecular weight excluding hydrogens is 470 g/mol. The predicted molar refractivity (Wildman–Crippen MR) is 135 cm³/mol. The summed E-state index contributed by atoms with van der Waals surface area (Å²) in [4.78, 5) is 22.9. The van der Waals surface area contributed by atoms with Gasteiger partial charge in [-0.1, -0.05) is 24.3 Å². The van der Waals surface area contributed by atoms with Gasteiger partial charge in [0.15, 0.2) is 0 Å². The number of hydrogen-bond acceptors (Lipinski definition) is 7. The van der Waals surface area contributed by atoms with Crippen LogP contribution in [0.15, 0.2) is 54.6 Å². The number of nitrogens with zero attached hydrogens (tertiary/aromatic N) is 1. The molecule has 0 aromatic heterocycles. The Balaban J connectivity index is 1.34. The van der Waals surface area contributed by atoms with E-state index in [2.05, 4.69) is 6.07 Å². The van der Waals surface area contributed by atoms with Gasteiger partial charge in [-0.15, -0.1) is 0 Å². The largest absolute Gasteiger partial charge is 0.492 e. The van der Waals surface area contributed by atoms with Crippen molar-refractivity contribution in [3.05, 3.63) is 88.0 Å². The summed E-state index contributed by atoms with van der Waals surface area (Å²) in [5.74, 6) is 1.32. The molecule has 0 saturated heterocycles. The molecule has 188 valence electrons. The highest BCUT2D eigenvalue weighted by Crippen LogP contribution is 2.42. The van der Waals surface area contributed by atoms with Gasteiger partial charge >= 0.3 is 11.9 Å². The van der Waals surface area contributed by atoms with E-state index in [1.165, 1.54) is 14.0 Å². The minimum Gasteiger partial charge on any atom is -0.492 e. The fraction of sp³-hybridized carbons (Fsp3) is 0.300. The standard InChI is InChI=1S/C30H27NO6/c1-18(32)36-22-6-3-19(4-7-22)13-27-20(16-31)5-9-26-25(27)11-12-28(26)37-23-8-10-24-21(14-30(33)34-2)17-35-29(24)15-23/h3-10,15,21,28H,11-14,17H2,1-2H3/t21?,28-/m1/s1. The number of rotatable bonds is 7. The Morgan fingerprint density at radius 3 is 2.54 bits per heavy atom. The van der Waals surface area contributed by atoms with Gasteiger partial charge in [-0.25, -0.2) is 0 Å². The summed E-state index contributed by atoms with van der Waals surface area (Å²) in [7, 11) is 1.39. The second-order valence-corrected chi connectivity index (χ2v) is 9.32. The molecule has 1 aliphatic carbocycles. The lowest BCUT2D eigenvalue weighted by Crippen LogP contribution is -2.09. The summed E-state index contributed by atoms with van der Waals surface area (Å²) in [5, 5.41) is 9.77. The van der Waals surface area contributed by atoms with Gasteiger partial charge < -0.3 is 18.9 Å². The highest BCUT2D eigenvalue weighted by molar-refractivity contribution is 5.71. The lowest BCUT2D eigenvalue weighted by Gasteiger charge is -2.17. The molecule has 0 N–H and O–H groups in total. The molecule has 0 fully saturated rings. The van der Waals surface area contributed by atoms with Crippen molar-refractivity contribution in [2.45, 2.75) is 44.6 Å². The van der Waals surface area contributed by atoms with Crippen molar-refractivity contribution in [3.8, 4) is 23.3 Å². The average molecular weight is 498 g/mol. The van der Waals surface area contributed by atoms with Gasteiger partial charge in [0.1, 0.15) is 23.4 Å². The van der Waals surface area contributed by atoms with E-state index in [1.54, 1.807) is 12.1 Å². The first-order valence-corrected chi connectivity index (χ1v) is 12.3. The Kier molecular flexibility index (Phi) is 6.82. The molecule has 0 amide bonds. The summed E-state index contributed by atoms with van der Waals surface area (Å²) in [5.41, 5.74) is 5.94. The zero-order valence-electron chi connectivity index (χ0n) is 20.8. The van der Waals surface area contributed by atoms with E-state index in [4.69, 9.17) is 18.9 Å². The molecule has 7 heteroatoms. The van der Waals surface area contributed by atoms with Crippen molar-refractivity contribution >= 4 is 11.9 Å². The molecule has 1 unspecified atom stereocenters. The fourth-order valence-electron chi connectivity index (χ4n) is 5.16. The SMILES string of the molecule is COC(=O)CC1COc2cc(O[C@@H]3CCc4c3ccc(C#N)c4Cc3ccc(OC(C)=O)cc3)ccc21. The molecule has 0 saturated carbocycles. The van der Waals surface area contributed by atoms with Crippen LogP contribution in [-0.2, 0) is 27.2 Å². The Morgan fingerprint density at radius 2 is 1.81 bits per heavy atom. The van der Waals surface area contributed by atoms with Crippen molar-refractivity contribution in [2.75, 3.05) is 13.7 Å². The van der Waals surface area contributed by atoms with Gasteiger partial charge in [-0.05, 0) is 65.8 Å². The minimum absolute atomic E-state index is 0.0150. The molecule has 0 spiro atoms. The van der Waals surface area contributed by atoms with Crippen LogP contribution < -0.4 is 14.2 Å². The van der Waals surface area contributed by atoms with Crippen molar-refractivity contribution in [1.82, 2.24) is 0 Å². The average Bonchev–Trinajstić information content (AvgIpc) is 3.49. The number of benzene rings is 3. The normalized spacial score (nSPS) is 17.2. The van der Waals surface area contributed by atoms with Crippen LogP contribution in [0, 0.1) is 11.3 Å². The number of carbonyl (C=O) groups is 2. The molecular formula is C30H27NO6. The Labute approximate surface area is 215 Å². The number of fused-ring (bicyclic) bond motifs is 2. The number of hydrogen-bond donors (Lipinski definition) is 0. The highest BCUT2D eigenvalue weighted by Gasteiger charge is 2.30. The molecule has 37 heavy (non-hydrogen) atoms. The number of methoxy groups -OCH3 is 1. The smallest absolute Gasteiger partial charge is 0.308 e. The van der Waals surface area contributed by atoms with Gasteiger partial charge in [0.2, 0.25) is 0 Å². The lowest BCUT2D eigenvalue weighted by atomic mass is 9.92. The van der Waals surface area contributed by atoms with E-state index >= 15 is 0 Å². The fourth-order valence-corrected chi connectivity index (χ4v) is 5.16. The topological polar surface area (TPSA) is 94.9 Å². The number of ether oxygens (including phenoxy) is 4. The molecule has 2 atom stereocenters. The van der Waals surface area contributed by atoms with E-state index in [0.29, 0.717) is 30.1 Å². The van der Waals surface area contributed by atoms with Crippen molar-refractivity contribution in [3.63, 3.8) is 0 Å². The minimum atomic E-state index is -0.359.